The first-order valence-corrected chi connectivity index (χ1v) is 6.85. The third-order valence-corrected chi connectivity index (χ3v) is 3.77. The van der Waals surface area contributed by atoms with E-state index in [0.717, 1.165) is 15.7 Å². The van der Waals surface area contributed by atoms with Crippen molar-refractivity contribution >= 4 is 40.0 Å². The van der Waals surface area contributed by atoms with Crippen LogP contribution in [0.25, 0.3) is 0 Å². The molecule has 0 radical (unpaired) electrons. The number of carbonyl (C=O) groups is 1. The molecule has 98 valence electrons. The van der Waals surface area contributed by atoms with E-state index in [0.29, 0.717) is 10.6 Å². The van der Waals surface area contributed by atoms with Crippen molar-refractivity contribution in [3.8, 4) is 0 Å². The van der Waals surface area contributed by atoms with Gasteiger partial charge in [0.25, 0.3) is 0 Å². The number of halogens is 4. The van der Waals surface area contributed by atoms with Crippen LogP contribution in [-0.2, 0) is 6.42 Å². The van der Waals surface area contributed by atoms with Crippen LogP contribution in [0.1, 0.15) is 15.9 Å². The molecule has 0 aliphatic heterocycles. The van der Waals surface area contributed by atoms with Crippen LogP contribution in [0, 0.1) is 15.2 Å². The Hall–Kier alpha value is -1.01. The summed E-state index contributed by atoms with van der Waals surface area (Å²) in [5.74, 6) is -1.63. The van der Waals surface area contributed by atoms with Gasteiger partial charge >= 0.3 is 0 Å². The summed E-state index contributed by atoms with van der Waals surface area (Å²) in [6.45, 7) is 0. The summed E-state index contributed by atoms with van der Waals surface area (Å²) in [7, 11) is 0. The molecule has 0 heterocycles. The van der Waals surface area contributed by atoms with Crippen LogP contribution in [0.2, 0.25) is 5.02 Å². The van der Waals surface area contributed by atoms with E-state index in [4.69, 9.17) is 11.6 Å². The smallest absolute Gasteiger partial charge is 0.168 e. The molecule has 0 bridgehead atoms. The normalized spacial score (nSPS) is 10.5. The third kappa shape index (κ3) is 3.51. The van der Waals surface area contributed by atoms with E-state index in [1.54, 1.807) is 18.2 Å². The molecule has 0 aliphatic carbocycles. The maximum atomic E-state index is 13.5. The molecule has 0 amide bonds. The Labute approximate surface area is 127 Å². The monoisotopic (exact) mass is 392 g/mol. The second kappa shape index (κ2) is 5.96. The van der Waals surface area contributed by atoms with Crippen molar-refractivity contribution in [2.24, 2.45) is 0 Å². The van der Waals surface area contributed by atoms with Gasteiger partial charge in [-0.1, -0.05) is 17.7 Å². The summed E-state index contributed by atoms with van der Waals surface area (Å²) >= 11 is 7.85. The molecule has 2 aromatic rings. The minimum atomic E-state index is -0.717. The standard InChI is InChI=1S/C14H8ClF2IO/c15-9-2-4-13(18)11(6-9)14(19)5-8-1-3-10(16)7-12(8)17/h1-4,6-7H,5H2. The van der Waals surface area contributed by atoms with Crippen molar-refractivity contribution in [2.45, 2.75) is 6.42 Å². The fraction of sp³-hybridized carbons (Fsp3) is 0.0714. The molecular formula is C14H8ClF2IO. The first-order valence-electron chi connectivity index (χ1n) is 5.39. The van der Waals surface area contributed by atoms with E-state index in [-0.39, 0.29) is 17.8 Å². The van der Waals surface area contributed by atoms with Crippen molar-refractivity contribution in [1.82, 2.24) is 0 Å². The second-order valence-electron chi connectivity index (χ2n) is 3.96. The van der Waals surface area contributed by atoms with E-state index in [1.165, 1.54) is 6.07 Å². The molecular weight excluding hydrogens is 385 g/mol. The van der Waals surface area contributed by atoms with Crippen molar-refractivity contribution in [1.29, 1.82) is 0 Å². The molecule has 0 aliphatic rings. The lowest BCUT2D eigenvalue weighted by atomic mass is 10.0. The summed E-state index contributed by atoms with van der Waals surface area (Å²) in [5, 5.41) is 0.448. The molecule has 0 aromatic heterocycles. The minimum absolute atomic E-state index is 0.123. The van der Waals surface area contributed by atoms with Gasteiger partial charge in [-0.3, -0.25) is 4.79 Å². The van der Waals surface area contributed by atoms with Crippen LogP contribution in [0.5, 0.6) is 0 Å². The lowest BCUT2D eigenvalue weighted by molar-refractivity contribution is 0.0991. The highest BCUT2D eigenvalue weighted by atomic mass is 127. The van der Waals surface area contributed by atoms with Gasteiger partial charge < -0.3 is 0 Å². The summed E-state index contributed by atoms with van der Waals surface area (Å²) in [4.78, 5) is 12.1. The number of benzene rings is 2. The summed E-state index contributed by atoms with van der Waals surface area (Å²) in [6, 6.07) is 8.13. The van der Waals surface area contributed by atoms with Gasteiger partial charge in [-0.2, -0.15) is 0 Å². The van der Waals surface area contributed by atoms with Crippen molar-refractivity contribution in [3.05, 3.63) is 67.8 Å². The highest BCUT2D eigenvalue weighted by Gasteiger charge is 2.14. The van der Waals surface area contributed by atoms with E-state index in [9.17, 15) is 13.6 Å². The predicted octanol–water partition coefficient (Wildman–Crippen LogP) is 4.65. The molecule has 0 saturated heterocycles. The Morgan fingerprint density at radius 3 is 2.58 bits per heavy atom. The van der Waals surface area contributed by atoms with Gasteiger partial charge in [-0.15, -0.1) is 0 Å². The average molecular weight is 393 g/mol. The number of ketones is 1. The first-order chi connectivity index (χ1) is 8.97. The Morgan fingerprint density at radius 1 is 1.16 bits per heavy atom. The minimum Gasteiger partial charge on any atom is -0.294 e. The largest absolute Gasteiger partial charge is 0.294 e. The highest BCUT2D eigenvalue weighted by molar-refractivity contribution is 14.1. The molecule has 0 spiro atoms. The van der Waals surface area contributed by atoms with Gasteiger partial charge in [0.05, 0.1) is 0 Å². The van der Waals surface area contributed by atoms with Crippen LogP contribution in [0.4, 0.5) is 8.78 Å². The average Bonchev–Trinajstić information content (AvgIpc) is 2.35. The Morgan fingerprint density at radius 2 is 1.89 bits per heavy atom. The maximum Gasteiger partial charge on any atom is 0.168 e. The lowest BCUT2D eigenvalue weighted by Gasteiger charge is -2.06. The van der Waals surface area contributed by atoms with Crippen LogP contribution in [0.3, 0.4) is 0 Å². The van der Waals surface area contributed by atoms with Crippen molar-refractivity contribution in [2.75, 3.05) is 0 Å². The molecule has 0 N–H and O–H groups in total. The van der Waals surface area contributed by atoms with Gasteiger partial charge in [0, 0.05) is 26.6 Å². The van der Waals surface area contributed by atoms with Crippen LogP contribution < -0.4 is 0 Å². The highest BCUT2D eigenvalue weighted by Crippen LogP contribution is 2.20. The zero-order valence-electron chi connectivity index (χ0n) is 9.59. The van der Waals surface area contributed by atoms with Crippen molar-refractivity contribution in [3.63, 3.8) is 0 Å². The number of rotatable bonds is 3. The second-order valence-corrected chi connectivity index (χ2v) is 5.56. The van der Waals surface area contributed by atoms with Gasteiger partial charge in [-0.05, 0) is 52.4 Å². The number of Topliss-reactive ketones (excluding diaryl/α,β-unsaturated/α-hetero) is 1. The topological polar surface area (TPSA) is 17.1 Å². The van der Waals surface area contributed by atoms with E-state index >= 15 is 0 Å². The first kappa shape index (κ1) is 14.4. The van der Waals surface area contributed by atoms with Crippen LogP contribution >= 0.6 is 34.2 Å². The third-order valence-electron chi connectivity index (χ3n) is 2.59. The van der Waals surface area contributed by atoms with Gasteiger partial charge in [0.2, 0.25) is 0 Å². The maximum absolute atomic E-state index is 13.5. The molecule has 5 heteroatoms. The molecule has 0 fully saturated rings. The summed E-state index contributed by atoms with van der Waals surface area (Å²) in [5.41, 5.74) is 0.610. The quantitative estimate of drug-likeness (QED) is 0.549. The molecule has 2 rings (SSSR count). The molecule has 0 unspecified atom stereocenters. The molecule has 1 nitrogen and oxygen atoms in total. The van der Waals surface area contributed by atoms with E-state index in [2.05, 4.69) is 0 Å². The lowest BCUT2D eigenvalue weighted by Crippen LogP contribution is -2.07. The van der Waals surface area contributed by atoms with Crippen LogP contribution in [-0.4, -0.2) is 5.78 Å². The predicted molar refractivity (Wildman–Crippen MR) is 78.6 cm³/mol. The fourth-order valence-electron chi connectivity index (χ4n) is 1.64. The Balaban J connectivity index is 2.28. The summed E-state index contributed by atoms with van der Waals surface area (Å²) in [6.07, 6.45) is -0.123. The fourth-order valence-corrected chi connectivity index (χ4v) is 2.45. The Kier molecular flexibility index (Phi) is 4.52. The van der Waals surface area contributed by atoms with E-state index in [1.807, 2.05) is 22.6 Å². The Bertz CT molecular complexity index is 643. The SMILES string of the molecule is O=C(Cc1ccc(F)cc1F)c1cc(Cl)ccc1I. The van der Waals surface area contributed by atoms with Crippen molar-refractivity contribution < 1.29 is 13.6 Å². The number of hydrogen-bond donors (Lipinski definition) is 0. The molecule has 0 atom stereocenters. The number of hydrogen-bond acceptors (Lipinski definition) is 1. The summed E-state index contributed by atoms with van der Waals surface area (Å²) < 4.78 is 27.0. The zero-order valence-corrected chi connectivity index (χ0v) is 12.5. The number of carbonyl (C=O) groups excluding carboxylic acids is 1. The molecule has 2 aromatic carbocycles. The van der Waals surface area contributed by atoms with Crippen LogP contribution in [0.15, 0.2) is 36.4 Å². The van der Waals surface area contributed by atoms with Gasteiger partial charge in [-0.25, -0.2) is 8.78 Å². The van der Waals surface area contributed by atoms with Gasteiger partial charge in [0.1, 0.15) is 11.6 Å². The van der Waals surface area contributed by atoms with Gasteiger partial charge in [0.15, 0.2) is 5.78 Å². The molecule has 0 saturated carbocycles. The van der Waals surface area contributed by atoms with E-state index < -0.39 is 11.6 Å². The molecule has 19 heavy (non-hydrogen) atoms. The zero-order chi connectivity index (χ0) is 14.0.